The molecule has 4 aliphatic carbocycles. The lowest BCUT2D eigenvalue weighted by atomic mass is 9.43. The Balaban J connectivity index is 1.67. The Kier molecular flexibility index (Phi) is 3.96. The second kappa shape index (κ2) is 5.61. The van der Waals surface area contributed by atoms with Crippen LogP contribution < -0.4 is 0 Å². The SMILES string of the molecule is C[C@]12CC[C@@]3(F)[C@@H](CC[C@@H]4CC(=O)CC[C@@]43C)[C@@H]1CC[C@@H]2C(=O)CO. The number of aliphatic hydroxyl groups excluding tert-OH is 1. The average molecular weight is 350 g/mol. The molecule has 4 heteroatoms. The van der Waals surface area contributed by atoms with Gasteiger partial charge in [0.25, 0.3) is 0 Å². The quantitative estimate of drug-likeness (QED) is 0.822. The van der Waals surface area contributed by atoms with E-state index in [1.165, 1.54) is 0 Å². The molecule has 3 nitrogen and oxygen atoms in total. The van der Waals surface area contributed by atoms with Gasteiger partial charge in [-0.2, -0.15) is 0 Å². The van der Waals surface area contributed by atoms with Gasteiger partial charge in [-0.15, -0.1) is 0 Å². The second-order valence-electron chi connectivity index (χ2n) is 9.77. The Morgan fingerprint density at radius 3 is 2.56 bits per heavy atom. The fraction of sp³-hybridized carbons (Fsp3) is 0.905. The van der Waals surface area contributed by atoms with E-state index in [0.29, 0.717) is 31.5 Å². The minimum absolute atomic E-state index is 0.0113. The Morgan fingerprint density at radius 2 is 1.84 bits per heavy atom. The van der Waals surface area contributed by atoms with Crippen LogP contribution >= 0.6 is 0 Å². The fourth-order valence-electron chi connectivity index (χ4n) is 7.57. The molecule has 0 bridgehead atoms. The highest BCUT2D eigenvalue weighted by Crippen LogP contribution is 2.70. The summed E-state index contributed by atoms with van der Waals surface area (Å²) in [6.45, 7) is 3.88. The van der Waals surface area contributed by atoms with Crippen molar-refractivity contribution < 1.29 is 19.1 Å². The monoisotopic (exact) mass is 350 g/mol. The summed E-state index contributed by atoms with van der Waals surface area (Å²) in [4.78, 5) is 24.2. The summed E-state index contributed by atoms with van der Waals surface area (Å²) in [5, 5.41) is 9.35. The van der Waals surface area contributed by atoms with Crippen LogP contribution in [0.3, 0.4) is 0 Å². The van der Waals surface area contributed by atoms with Crippen LogP contribution in [-0.2, 0) is 9.59 Å². The van der Waals surface area contributed by atoms with Gasteiger partial charge in [-0.1, -0.05) is 13.8 Å². The summed E-state index contributed by atoms with van der Waals surface area (Å²) >= 11 is 0. The topological polar surface area (TPSA) is 54.4 Å². The molecule has 0 amide bonds. The number of aliphatic hydroxyl groups is 1. The molecule has 0 heterocycles. The van der Waals surface area contributed by atoms with E-state index in [0.717, 1.165) is 32.1 Å². The molecule has 0 aromatic rings. The lowest BCUT2D eigenvalue weighted by molar-refractivity contribution is -0.194. The van der Waals surface area contributed by atoms with Gasteiger partial charge in [0.05, 0.1) is 0 Å². The first-order valence-electron chi connectivity index (χ1n) is 10.1. The Hall–Kier alpha value is -0.770. The molecule has 1 N–H and O–H groups in total. The number of carbonyl (C=O) groups excluding carboxylic acids is 2. The minimum atomic E-state index is -1.20. The van der Waals surface area contributed by atoms with Crippen molar-refractivity contribution in [2.24, 2.45) is 34.5 Å². The van der Waals surface area contributed by atoms with Crippen LogP contribution in [0.4, 0.5) is 4.39 Å². The van der Waals surface area contributed by atoms with Gasteiger partial charge in [-0.3, -0.25) is 9.59 Å². The first-order chi connectivity index (χ1) is 11.8. The normalized spacial score (nSPS) is 52.2. The third-order valence-corrected chi connectivity index (χ3v) is 9.13. The van der Waals surface area contributed by atoms with Gasteiger partial charge in [0.1, 0.15) is 18.1 Å². The molecule has 0 aromatic carbocycles. The Morgan fingerprint density at radius 1 is 1.12 bits per heavy atom. The molecule has 4 rings (SSSR count). The van der Waals surface area contributed by atoms with E-state index in [4.69, 9.17) is 0 Å². The van der Waals surface area contributed by atoms with Crippen LogP contribution in [-0.4, -0.2) is 28.9 Å². The van der Waals surface area contributed by atoms with Gasteiger partial charge in [0.2, 0.25) is 0 Å². The molecular formula is C21H31FO3. The van der Waals surface area contributed by atoms with Crippen LogP contribution in [0.2, 0.25) is 0 Å². The molecule has 0 saturated heterocycles. The minimum Gasteiger partial charge on any atom is -0.389 e. The third-order valence-electron chi connectivity index (χ3n) is 9.13. The van der Waals surface area contributed by atoms with Crippen LogP contribution in [0.15, 0.2) is 0 Å². The smallest absolute Gasteiger partial charge is 0.161 e. The zero-order chi connectivity index (χ0) is 18.0. The van der Waals surface area contributed by atoms with Gasteiger partial charge >= 0.3 is 0 Å². The van der Waals surface area contributed by atoms with Gasteiger partial charge in [0, 0.05) is 24.2 Å². The van der Waals surface area contributed by atoms with Crippen molar-refractivity contribution in [2.75, 3.05) is 6.61 Å². The van der Waals surface area contributed by atoms with Gasteiger partial charge in [-0.25, -0.2) is 4.39 Å². The highest BCUT2D eigenvalue weighted by molar-refractivity contribution is 5.83. The lowest BCUT2D eigenvalue weighted by Gasteiger charge is -2.63. The lowest BCUT2D eigenvalue weighted by Crippen LogP contribution is -2.63. The zero-order valence-electron chi connectivity index (χ0n) is 15.5. The van der Waals surface area contributed by atoms with Crippen molar-refractivity contribution in [2.45, 2.75) is 77.3 Å². The number of halogens is 1. The van der Waals surface area contributed by atoms with E-state index in [1.807, 2.05) is 0 Å². The van der Waals surface area contributed by atoms with E-state index in [2.05, 4.69) is 13.8 Å². The Bertz CT molecular complexity index is 604. The van der Waals surface area contributed by atoms with Gasteiger partial charge in [0.15, 0.2) is 5.78 Å². The number of alkyl halides is 1. The van der Waals surface area contributed by atoms with E-state index in [9.17, 15) is 14.7 Å². The molecule has 4 fully saturated rings. The fourth-order valence-corrected chi connectivity index (χ4v) is 7.57. The zero-order valence-corrected chi connectivity index (χ0v) is 15.5. The van der Waals surface area contributed by atoms with Crippen molar-refractivity contribution in [3.63, 3.8) is 0 Å². The predicted molar refractivity (Wildman–Crippen MR) is 92.7 cm³/mol. The van der Waals surface area contributed by atoms with Crippen LogP contribution in [0, 0.1) is 34.5 Å². The van der Waals surface area contributed by atoms with Crippen LogP contribution in [0.25, 0.3) is 0 Å². The van der Waals surface area contributed by atoms with E-state index < -0.39 is 5.67 Å². The standard InChI is InChI=1S/C21H31FO3/c1-19-9-10-21(22)16(15(19)5-6-17(19)18(25)12-23)4-3-13-11-14(24)7-8-20(13,21)2/h13,15-17,23H,3-12H2,1-2H3/t13-,15+,16+,17-,19+,20+,21-/m1/s1. The highest BCUT2D eigenvalue weighted by Gasteiger charge is 2.68. The maximum absolute atomic E-state index is 16.6. The predicted octanol–water partition coefficient (Wildman–Crippen LogP) is 3.87. The first kappa shape index (κ1) is 17.6. The van der Waals surface area contributed by atoms with Crippen molar-refractivity contribution >= 4 is 11.6 Å². The van der Waals surface area contributed by atoms with Gasteiger partial charge < -0.3 is 5.11 Å². The molecule has 0 unspecified atom stereocenters. The number of hydrogen-bond acceptors (Lipinski definition) is 3. The summed E-state index contributed by atoms with van der Waals surface area (Å²) in [5.41, 5.74) is -1.74. The second-order valence-corrected chi connectivity index (χ2v) is 9.77. The van der Waals surface area contributed by atoms with E-state index in [-0.39, 0.29) is 46.9 Å². The summed E-state index contributed by atoms with van der Waals surface area (Å²) in [5.74, 6) is 0.583. The molecule has 0 aliphatic heterocycles. The summed E-state index contributed by atoms with van der Waals surface area (Å²) in [6, 6.07) is 0. The molecule has 7 atom stereocenters. The molecule has 25 heavy (non-hydrogen) atoms. The number of carbonyl (C=O) groups is 2. The average Bonchev–Trinajstić information content (AvgIpc) is 2.93. The number of fused-ring (bicyclic) bond motifs is 5. The van der Waals surface area contributed by atoms with E-state index in [1.54, 1.807) is 0 Å². The maximum Gasteiger partial charge on any atom is 0.161 e. The molecule has 0 radical (unpaired) electrons. The largest absolute Gasteiger partial charge is 0.389 e. The molecule has 140 valence electrons. The molecule has 0 aromatic heterocycles. The van der Waals surface area contributed by atoms with Crippen LogP contribution in [0.1, 0.15) is 71.6 Å². The highest BCUT2D eigenvalue weighted by atomic mass is 19.1. The summed E-state index contributed by atoms with van der Waals surface area (Å²) in [7, 11) is 0. The Labute approximate surface area is 149 Å². The van der Waals surface area contributed by atoms with Gasteiger partial charge in [-0.05, 0) is 68.1 Å². The number of ketones is 2. The number of Topliss-reactive ketones (excluding diaryl/α,β-unsaturated/α-hetero) is 2. The third kappa shape index (κ3) is 2.18. The molecular weight excluding hydrogens is 319 g/mol. The first-order valence-corrected chi connectivity index (χ1v) is 10.1. The number of hydrogen-bond donors (Lipinski definition) is 1. The van der Waals surface area contributed by atoms with Crippen molar-refractivity contribution in [3.8, 4) is 0 Å². The summed E-state index contributed by atoms with van der Waals surface area (Å²) < 4.78 is 16.6. The molecule has 4 aliphatic rings. The van der Waals surface area contributed by atoms with Crippen molar-refractivity contribution in [1.29, 1.82) is 0 Å². The van der Waals surface area contributed by atoms with E-state index >= 15 is 4.39 Å². The molecule has 4 saturated carbocycles. The van der Waals surface area contributed by atoms with Crippen molar-refractivity contribution in [1.82, 2.24) is 0 Å². The number of rotatable bonds is 2. The van der Waals surface area contributed by atoms with Crippen molar-refractivity contribution in [3.05, 3.63) is 0 Å². The summed E-state index contributed by atoms with van der Waals surface area (Å²) in [6.07, 6.45) is 6.52. The molecule has 0 spiro atoms. The maximum atomic E-state index is 16.6. The van der Waals surface area contributed by atoms with Crippen LogP contribution in [0.5, 0.6) is 0 Å².